The van der Waals surface area contributed by atoms with E-state index in [-0.39, 0.29) is 36.2 Å². The normalized spacial score (nSPS) is 12.7. The highest BCUT2D eigenvalue weighted by atomic mass is 35.6. The molecule has 3 rings (SSSR count). The molecule has 4 nitrogen and oxygen atoms in total. The number of benzene rings is 2. The van der Waals surface area contributed by atoms with Gasteiger partial charge in [0.25, 0.3) is 9.68 Å². The molecule has 1 heterocycles. The standard InChI is InChI=1S/C20H15Cl4FN2O2/c21-15-5-1-12(2-6-15)9-14(18-26-19(29-27-18)20(22,23)24)11-17(28)10-13-3-7-16(25)8-4-13/h1-8,14H,9-11H2/t14-/m1/s1. The zero-order valence-corrected chi connectivity index (χ0v) is 17.9. The summed E-state index contributed by atoms with van der Waals surface area (Å²) in [5.74, 6) is -0.698. The number of nitrogens with zero attached hydrogens (tertiary/aromatic N) is 2. The van der Waals surface area contributed by atoms with Gasteiger partial charge < -0.3 is 4.52 Å². The van der Waals surface area contributed by atoms with Crippen LogP contribution in [0.2, 0.25) is 5.02 Å². The molecule has 0 fully saturated rings. The summed E-state index contributed by atoms with van der Waals surface area (Å²) in [5, 5.41) is 4.51. The second kappa shape index (κ2) is 9.43. The van der Waals surface area contributed by atoms with Crippen molar-refractivity contribution in [2.75, 3.05) is 0 Å². The molecular formula is C20H15Cl4FN2O2. The Morgan fingerprint density at radius 1 is 1.03 bits per heavy atom. The van der Waals surface area contributed by atoms with Crippen LogP contribution in [0, 0.1) is 5.82 Å². The van der Waals surface area contributed by atoms with Crippen molar-refractivity contribution in [3.63, 3.8) is 0 Å². The van der Waals surface area contributed by atoms with Crippen LogP contribution in [0.25, 0.3) is 0 Å². The third kappa shape index (κ3) is 6.41. The van der Waals surface area contributed by atoms with Crippen molar-refractivity contribution < 1.29 is 13.7 Å². The highest BCUT2D eigenvalue weighted by Crippen LogP contribution is 2.38. The molecular weight excluding hydrogens is 461 g/mol. The predicted molar refractivity (Wildman–Crippen MR) is 111 cm³/mol. The Bertz CT molecular complexity index is 969. The van der Waals surface area contributed by atoms with E-state index < -0.39 is 9.71 Å². The van der Waals surface area contributed by atoms with E-state index in [1.165, 1.54) is 12.1 Å². The van der Waals surface area contributed by atoms with Gasteiger partial charge in [-0.2, -0.15) is 4.98 Å². The molecule has 0 aliphatic heterocycles. The maximum absolute atomic E-state index is 13.1. The van der Waals surface area contributed by atoms with Gasteiger partial charge in [-0.1, -0.05) is 75.8 Å². The van der Waals surface area contributed by atoms with Crippen LogP contribution in [-0.4, -0.2) is 15.9 Å². The molecule has 0 aliphatic rings. The van der Waals surface area contributed by atoms with Crippen molar-refractivity contribution in [3.05, 3.63) is 82.2 Å². The average molecular weight is 476 g/mol. The lowest BCUT2D eigenvalue weighted by Crippen LogP contribution is -2.14. The van der Waals surface area contributed by atoms with E-state index in [0.717, 1.165) is 11.1 Å². The van der Waals surface area contributed by atoms with Crippen molar-refractivity contribution >= 4 is 52.2 Å². The van der Waals surface area contributed by atoms with Gasteiger partial charge in [0.1, 0.15) is 11.6 Å². The van der Waals surface area contributed by atoms with Gasteiger partial charge in [0, 0.05) is 23.8 Å². The monoisotopic (exact) mass is 474 g/mol. The second-order valence-corrected chi connectivity index (χ2v) is 9.25. The van der Waals surface area contributed by atoms with E-state index in [1.807, 2.05) is 12.1 Å². The van der Waals surface area contributed by atoms with Gasteiger partial charge in [0.05, 0.1) is 0 Å². The van der Waals surface area contributed by atoms with Gasteiger partial charge in [0.15, 0.2) is 5.82 Å². The molecule has 0 bridgehead atoms. The molecule has 0 unspecified atom stereocenters. The summed E-state index contributed by atoms with van der Waals surface area (Å²) in [6.07, 6.45) is 0.760. The predicted octanol–water partition coefficient (Wildman–Crippen LogP) is 6.22. The zero-order valence-electron chi connectivity index (χ0n) is 14.9. The molecule has 1 atom stereocenters. The van der Waals surface area contributed by atoms with E-state index in [1.54, 1.807) is 24.3 Å². The molecule has 0 amide bonds. The minimum atomic E-state index is -1.85. The van der Waals surface area contributed by atoms with Crippen LogP contribution >= 0.6 is 46.4 Å². The SMILES string of the molecule is O=C(Cc1ccc(F)cc1)C[C@@H](Cc1ccc(Cl)cc1)c1noc(C(Cl)(Cl)Cl)n1. The summed E-state index contributed by atoms with van der Waals surface area (Å²) in [4.78, 5) is 16.8. The number of hydrogen-bond donors (Lipinski definition) is 0. The molecule has 0 radical (unpaired) electrons. The van der Waals surface area contributed by atoms with Gasteiger partial charge in [-0.15, -0.1) is 0 Å². The molecule has 0 aliphatic carbocycles. The maximum atomic E-state index is 13.1. The van der Waals surface area contributed by atoms with E-state index in [9.17, 15) is 9.18 Å². The Balaban J connectivity index is 1.79. The third-order valence-electron chi connectivity index (χ3n) is 4.23. The van der Waals surface area contributed by atoms with Crippen molar-refractivity contribution in [3.8, 4) is 0 Å². The fraction of sp³-hybridized carbons (Fsp3) is 0.250. The fourth-order valence-corrected chi connectivity index (χ4v) is 3.21. The van der Waals surface area contributed by atoms with Crippen LogP contribution in [0.3, 0.4) is 0 Å². The molecule has 9 heteroatoms. The fourth-order valence-electron chi connectivity index (χ4n) is 2.85. The number of Topliss-reactive ketones (excluding diaryl/α,β-unsaturated/α-hetero) is 1. The molecule has 3 aromatic rings. The molecule has 2 aromatic carbocycles. The van der Waals surface area contributed by atoms with Crippen LogP contribution < -0.4 is 0 Å². The summed E-state index contributed by atoms with van der Waals surface area (Å²) >= 11 is 23.3. The van der Waals surface area contributed by atoms with Crippen LogP contribution in [-0.2, 0) is 21.4 Å². The summed E-state index contributed by atoms with van der Waals surface area (Å²) in [6.45, 7) is 0. The van der Waals surface area contributed by atoms with Gasteiger partial charge in [-0.05, 0) is 41.8 Å². The van der Waals surface area contributed by atoms with E-state index in [4.69, 9.17) is 50.9 Å². The number of rotatable bonds is 7. The van der Waals surface area contributed by atoms with Crippen molar-refractivity contribution in [1.82, 2.24) is 10.1 Å². The first-order valence-electron chi connectivity index (χ1n) is 8.62. The molecule has 0 saturated heterocycles. The first-order valence-corrected chi connectivity index (χ1v) is 10.1. The molecule has 0 saturated carbocycles. The van der Waals surface area contributed by atoms with Gasteiger partial charge >= 0.3 is 0 Å². The number of alkyl halides is 3. The van der Waals surface area contributed by atoms with E-state index in [2.05, 4.69) is 10.1 Å². The molecule has 1 aromatic heterocycles. The smallest absolute Gasteiger partial charge is 0.278 e. The Morgan fingerprint density at radius 2 is 1.66 bits per heavy atom. The van der Waals surface area contributed by atoms with Crippen LogP contribution in [0.15, 0.2) is 53.1 Å². The van der Waals surface area contributed by atoms with Gasteiger partial charge in [-0.3, -0.25) is 4.79 Å². The Morgan fingerprint density at radius 3 is 2.24 bits per heavy atom. The Hall–Kier alpha value is -1.66. The Kier molecular flexibility index (Phi) is 7.17. The first-order chi connectivity index (χ1) is 13.7. The minimum absolute atomic E-state index is 0.0594. The van der Waals surface area contributed by atoms with Crippen LogP contribution in [0.5, 0.6) is 0 Å². The van der Waals surface area contributed by atoms with Crippen molar-refractivity contribution in [1.29, 1.82) is 0 Å². The van der Waals surface area contributed by atoms with Crippen molar-refractivity contribution in [2.24, 2.45) is 0 Å². The summed E-state index contributed by atoms with van der Waals surface area (Å²) in [6, 6.07) is 13.0. The number of ketones is 1. The number of hydrogen-bond acceptors (Lipinski definition) is 4. The molecule has 0 N–H and O–H groups in total. The largest absolute Gasteiger partial charge is 0.335 e. The summed E-state index contributed by atoms with van der Waals surface area (Å²) in [5.41, 5.74) is 1.66. The molecule has 0 spiro atoms. The topological polar surface area (TPSA) is 56.0 Å². The number of carbonyl (C=O) groups excluding carboxylic acids is 1. The third-order valence-corrected chi connectivity index (χ3v) is 4.97. The lowest BCUT2D eigenvalue weighted by molar-refractivity contribution is -0.118. The lowest BCUT2D eigenvalue weighted by Gasteiger charge is -2.13. The van der Waals surface area contributed by atoms with Crippen LogP contribution in [0.1, 0.15) is 35.2 Å². The number of carbonyl (C=O) groups is 1. The highest BCUT2D eigenvalue weighted by Gasteiger charge is 2.32. The molecule has 29 heavy (non-hydrogen) atoms. The first kappa shape index (κ1) is 22.0. The summed E-state index contributed by atoms with van der Waals surface area (Å²) in [7, 11) is 0. The van der Waals surface area contributed by atoms with Crippen LogP contribution in [0.4, 0.5) is 4.39 Å². The summed E-state index contributed by atoms with van der Waals surface area (Å²) < 4.78 is 16.3. The van der Waals surface area contributed by atoms with Gasteiger partial charge in [-0.25, -0.2) is 4.39 Å². The second-order valence-electron chi connectivity index (χ2n) is 6.53. The quantitative estimate of drug-likeness (QED) is 0.381. The lowest BCUT2D eigenvalue weighted by atomic mass is 9.91. The van der Waals surface area contributed by atoms with E-state index >= 15 is 0 Å². The molecule has 152 valence electrons. The maximum Gasteiger partial charge on any atom is 0.278 e. The van der Waals surface area contributed by atoms with E-state index in [0.29, 0.717) is 11.4 Å². The Labute approximate surface area is 186 Å². The highest BCUT2D eigenvalue weighted by molar-refractivity contribution is 6.66. The number of aromatic nitrogens is 2. The average Bonchev–Trinajstić information content (AvgIpc) is 3.15. The zero-order chi connectivity index (χ0) is 21.0. The number of halogens is 5. The van der Waals surface area contributed by atoms with Gasteiger partial charge in [0.2, 0.25) is 0 Å². The minimum Gasteiger partial charge on any atom is -0.335 e. The van der Waals surface area contributed by atoms with Crippen molar-refractivity contribution in [2.45, 2.75) is 29.0 Å².